The van der Waals surface area contributed by atoms with Crippen LogP contribution in [0.5, 0.6) is 0 Å². The quantitative estimate of drug-likeness (QED) is 0.294. The second-order valence-corrected chi connectivity index (χ2v) is 9.19. The molecule has 0 saturated carbocycles. The third-order valence-corrected chi connectivity index (χ3v) is 5.65. The predicted molar refractivity (Wildman–Crippen MR) is 116 cm³/mol. The van der Waals surface area contributed by atoms with Gasteiger partial charge in [-0.25, -0.2) is 4.79 Å². The summed E-state index contributed by atoms with van der Waals surface area (Å²) in [7, 11) is 0. The SMILES string of the molecule is C[C@@H](O)[C@H]1C(=O)N2C(C(=O)OCOC(=O)C(C)(C)C)=C(c3cccc(C(N)=S)c3)C[C@H]12. The molecule has 0 bridgehead atoms. The number of aliphatic hydroxyl groups excluding tert-OH is 1. The van der Waals surface area contributed by atoms with E-state index >= 15 is 0 Å². The molecule has 2 heterocycles. The molecule has 0 spiro atoms. The van der Waals surface area contributed by atoms with Crippen molar-refractivity contribution in [1.29, 1.82) is 0 Å². The topological polar surface area (TPSA) is 119 Å². The van der Waals surface area contributed by atoms with E-state index in [1.807, 2.05) is 0 Å². The van der Waals surface area contributed by atoms with Gasteiger partial charge >= 0.3 is 11.9 Å². The lowest BCUT2D eigenvalue weighted by atomic mass is 9.82. The van der Waals surface area contributed by atoms with Gasteiger partial charge in [0.2, 0.25) is 12.7 Å². The van der Waals surface area contributed by atoms with Crippen molar-refractivity contribution in [3.63, 3.8) is 0 Å². The summed E-state index contributed by atoms with van der Waals surface area (Å²) in [6.45, 7) is 6.04. The highest BCUT2D eigenvalue weighted by Gasteiger charge is 2.57. The molecule has 1 saturated heterocycles. The zero-order valence-corrected chi connectivity index (χ0v) is 18.7. The number of hydrogen-bond acceptors (Lipinski definition) is 7. The standard InChI is InChI=1S/C22H26N2O6S/c1-11(25)16-15-9-14(12-6-5-7-13(8-12)18(23)31)17(24(15)19(16)26)20(27)29-10-30-21(28)22(2,3)4/h5-8,11,15-16,25H,9-10H2,1-4H3,(H2,23,31)/t11-,15-,16-/m1/s1. The van der Waals surface area contributed by atoms with E-state index in [4.69, 9.17) is 27.4 Å². The highest BCUT2D eigenvalue weighted by atomic mass is 32.1. The number of fused-ring (bicyclic) bond motifs is 1. The first kappa shape index (κ1) is 22.9. The lowest BCUT2D eigenvalue weighted by molar-refractivity contribution is -0.175. The molecule has 1 aromatic rings. The van der Waals surface area contributed by atoms with Gasteiger partial charge in [0, 0.05) is 5.56 Å². The van der Waals surface area contributed by atoms with E-state index in [-0.39, 0.29) is 22.6 Å². The van der Waals surface area contributed by atoms with E-state index in [1.54, 1.807) is 52.0 Å². The van der Waals surface area contributed by atoms with Gasteiger partial charge in [-0.2, -0.15) is 0 Å². The van der Waals surface area contributed by atoms with Crippen molar-refractivity contribution < 1.29 is 29.0 Å². The van der Waals surface area contributed by atoms with Gasteiger partial charge in [0.1, 0.15) is 10.7 Å². The zero-order chi connectivity index (χ0) is 23.1. The molecule has 3 atom stereocenters. The minimum atomic E-state index is -0.846. The molecular weight excluding hydrogens is 420 g/mol. The predicted octanol–water partition coefficient (Wildman–Crippen LogP) is 1.73. The van der Waals surface area contributed by atoms with Gasteiger partial charge in [0.05, 0.1) is 23.5 Å². The average molecular weight is 447 g/mol. The molecule has 1 amide bonds. The number of nitrogens with zero attached hydrogens (tertiary/aromatic N) is 1. The van der Waals surface area contributed by atoms with E-state index < -0.39 is 36.2 Å². The fraction of sp³-hybridized carbons (Fsp3) is 0.455. The smallest absolute Gasteiger partial charge is 0.358 e. The lowest BCUT2D eigenvalue weighted by Crippen LogP contribution is -2.61. The molecule has 2 aliphatic heterocycles. The molecule has 0 unspecified atom stereocenters. The van der Waals surface area contributed by atoms with Gasteiger partial charge in [-0.1, -0.05) is 30.4 Å². The summed E-state index contributed by atoms with van der Waals surface area (Å²) in [5, 5.41) is 9.99. The first-order valence-electron chi connectivity index (χ1n) is 9.92. The fourth-order valence-corrected chi connectivity index (χ4v) is 3.93. The Labute approximate surface area is 186 Å². The maximum absolute atomic E-state index is 12.9. The summed E-state index contributed by atoms with van der Waals surface area (Å²) in [4.78, 5) is 39.0. The monoisotopic (exact) mass is 446 g/mol. The summed E-state index contributed by atoms with van der Waals surface area (Å²) in [6, 6.07) is 6.70. The minimum absolute atomic E-state index is 0.0822. The van der Waals surface area contributed by atoms with Crippen LogP contribution in [0.2, 0.25) is 0 Å². The number of carbonyl (C=O) groups excluding carboxylic acids is 3. The Kier molecular flexibility index (Phi) is 6.20. The van der Waals surface area contributed by atoms with Gasteiger partial charge in [-0.05, 0) is 51.3 Å². The largest absolute Gasteiger partial charge is 0.427 e. The number of carbonyl (C=O) groups is 3. The Morgan fingerprint density at radius 1 is 1.32 bits per heavy atom. The van der Waals surface area contributed by atoms with Crippen LogP contribution in [-0.4, -0.2) is 51.8 Å². The molecule has 0 radical (unpaired) electrons. The number of esters is 2. The lowest BCUT2D eigenvalue weighted by Gasteiger charge is -2.44. The molecule has 0 aromatic heterocycles. The van der Waals surface area contributed by atoms with E-state index in [2.05, 4.69) is 0 Å². The Hall–Kier alpha value is -2.78. The zero-order valence-electron chi connectivity index (χ0n) is 17.9. The normalized spacial score (nSPS) is 21.3. The van der Waals surface area contributed by atoms with Crippen LogP contribution in [0.25, 0.3) is 5.57 Å². The number of amides is 1. The highest BCUT2D eigenvalue weighted by Crippen LogP contribution is 2.47. The molecule has 9 heteroatoms. The molecule has 8 nitrogen and oxygen atoms in total. The Morgan fingerprint density at radius 3 is 2.58 bits per heavy atom. The van der Waals surface area contributed by atoms with Crippen LogP contribution in [-0.2, 0) is 23.9 Å². The van der Waals surface area contributed by atoms with Crippen LogP contribution in [0.1, 0.15) is 45.2 Å². The van der Waals surface area contributed by atoms with Gasteiger partial charge in [0.15, 0.2) is 0 Å². The minimum Gasteiger partial charge on any atom is -0.427 e. The average Bonchev–Trinajstić information content (AvgIpc) is 3.01. The van der Waals surface area contributed by atoms with Crippen molar-refractivity contribution in [3.8, 4) is 0 Å². The van der Waals surface area contributed by atoms with Crippen LogP contribution in [0.4, 0.5) is 0 Å². The van der Waals surface area contributed by atoms with Crippen LogP contribution in [0, 0.1) is 11.3 Å². The molecule has 0 aliphatic carbocycles. The number of hydrogen-bond donors (Lipinski definition) is 2. The van der Waals surface area contributed by atoms with E-state index in [1.165, 1.54) is 4.90 Å². The van der Waals surface area contributed by atoms with Gasteiger partial charge in [-0.15, -0.1) is 0 Å². The molecule has 166 valence electrons. The van der Waals surface area contributed by atoms with Crippen molar-refractivity contribution in [2.24, 2.45) is 17.1 Å². The second-order valence-electron chi connectivity index (χ2n) is 8.75. The molecular formula is C22H26N2O6S. The summed E-state index contributed by atoms with van der Waals surface area (Å²) in [5.41, 5.74) is 6.96. The first-order valence-corrected chi connectivity index (χ1v) is 10.3. The van der Waals surface area contributed by atoms with Crippen LogP contribution in [0.3, 0.4) is 0 Å². The van der Waals surface area contributed by atoms with Gasteiger partial charge in [0.25, 0.3) is 0 Å². The third kappa shape index (κ3) is 4.33. The third-order valence-electron chi connectivity index (χ3n) is 5.41. The second kappa shape index (κ2) is 8.39. The van der Waals surface area contributed by atoms with E-state index in [9.17, 15) is 19.5 Å². The number of rotatable bonds is 6. The molecule has 31 heavy (non-hydrogen) atoms. The summed E-state index contributed by atoms with van der Waals surface area (Å²) in [5.74, 6) is -2.24. The number of thiocarbonyl (C=S) groups is 1. The summed E-state index contributed by atoms with van der Waals surface area (Å²) >= 11 is 5.04. The molecule has 1 aromatic carbocycles. The van der Waals surface area contributed by atoms with Crippen molar-refractivity contribution in [3.05, 3.63) is 41.1 Å². The molecule has 3 N–H and O–H groups in total. The van der Waals surface area contributed by atoms with Crippen LogP contribution >= 0.6 is 12.2 Å². The number of aliphatic hydroxyl groups is 1. The van der Waals surface area contributed by atoms with Gasteiger partial charge in [-0.3, -0.25) is 9.59 Å². The van der Waals surface area contributed by atoms with E-state index in [0.29, 0.717) is 23.1 Å². The first-order chi connectivity index (χ1) is 14.4. The molecule has 3 rings (SSSR count). The maximum atomic E-state index is 12.9. The number of β-lactam (4-membered cyclic amide) rings is 1. The summed E-state index contributed by atoms with van der Waals surface area (Å²) in [6.07, 6.45) is -0.477. The molecule has 1 fully saturated rings. The maximum Gasteiger partial charge on any atom is 0.358 e. The Bertz CT molecular complexity index is 978. The Balaban J connectivity index is 1.90. The van der Waals surface area contributed by atoms with Crippen molar-refractivity contribution in [2.75, 3.05) is 6.79 Å². The van der Waals surface area contributed by atoms with Crippen molar-refractivity contribution >= 4 is 40.6 Å². The number of ether oxygens (including phenoxy) is 2. The van der Waals surface area contributed by atoms with Crippen LogP contribution < -0.4 is 5.73 Å². The van der Waals surface area contributed by atoms with Crippen molar-refractivity contribution in [2.45, 2.75) is 46.3 Å². The molecule has 2 aliphatic rings. The van der Waals surface area contributed by atoms with E-state index in [0.717, 1.165) is 0 Å². The fourth-order valence-electron chi connectivity index (χ4n) is 3.80. The van der Waals surface area contributed by atoms with Crippen molar-refractivity contribution in [1.82, 2.24) is 4.90 Å². The van der Waals surface area contributed by atoms with Crippen LogP contribution in [0.15, 0.2) is 30.0 Å². The van der Waals surface area contributed by atoms with Gasteiger partial charge < -0.3 is 25.2 Å². The Morgan fingerprint density at radius 2 is 2.00 bits per heavy atom. The highest BCUT2D eigenvalue weighted by molar-refractivity contribution is 7.80. The number of benzene rings is 1. The summed E-state index contributed by atoms with van der Waals surface area (Å²) < 4.78 is 10.2. The number of nitrogens with two attached hydrogens (primary N) is 1.